The lowest BCUT2D eigenvalue weighted by molar-refractivity contribution is -0.149. The summed E-state index contributed by atoms with van der Waals surface area (Å²) >= 11 is 11.2. The second kappa shape index (κ2) is 36.8. The maximum absolute atomic E-state index is 13.1. The number of piperidine rings is 3. The van der Waals surface area contributed by atoms with Crippen LogP contribution < -0.4 is 9.80 Å². The lowest BCUT2D eigenvalue weighted by Gasteiger charge is -2.39. The zero-order chi connectivity index (χ0) is 75.4. The van der Waals surface area contributed by atoms with Crippen molar-refractivity contribution >= 4 is 82.0 Å². The molecule has 1 saturated carbocycles. The summed E-state index contributed by atoms with van der Waals surface area (Å²) in [5, 5.41) is 12.7. The third-order valence-corrected chi connectivity index (χ3v) is 26.3. The molecule has 6 unspecified atom stereocenters. The average molecular weight is 1530 g/mol. The fraction of sp³-hybridized carbons (Fsp3) is 0.500. The zero-order valence-electron chi connectivity index (χ0n) is 64.0. The van der Waals surface area contributed by atoms with Crippen LogP contribution in [0.2, 0.25) is 5.02 Å². The van der Waals surface area contributed by atoms with Gasteiger partial charge in [-0.1, -0.05) is 112 Å². The van der Waals surface area contributed by atoms with Crippen molar-refractivity contribution < 1.29 is 41.9 Å². The van der Waals surface area contributed by atoms with E-state index in [2.05, 4.69) is 136 Å². The van der Waals surface area contributed by atoms with Crippen molar-refractivity contribution in [3.05, 3.63) is 216 Å². The Kier molecular flexibility index (Phi) is 27.2. The van der Waals surface area contributed by atoms with Crippen molar-refractivity contribution in [1.82, 2.24) is 30.2 Å². The van der Waals surface area contributed by atoms with E-state index in [-0.39, 0.29) is 35.6 Å². The first-order valence-electron chi connectivity index (χ1n) is 38.4. The Morgan fingerprint density at radius 2 is 0.935 bits per heavy atom. The van der Waals surface area contributed by atoms with Crippen LogP contribution in [0.3, 0.4) is 0 Å². The largest absolute Gasteiger partial charge is 0.462 e. The fourth-order valence-electron chi connectivity index (χ4n) is 17.1. The molecule has 3 aromatic heterocycles. The van der Waals surface area contributed by atoms with E-state index in [4.69, 9.17) is 29.9 Å². The first-order valence-corrected chi connectivity index (χ1v) is 42.3. The minimum absolute atomic E-state index is 0.0466. The molecule has 0 radical (unpaired) electrons. The van der Waals surface area contributed by atoms with Gasteiger partial charge in [-0.2, -0.15) is 11.8 Å². The number of piperazine rings is 1. The molecule has 1 aliphatic carbocycles. The van der Waals surface area contributed by atoms with Crippen LogP contribution in [0, 0.1) is 81.0 Å². The number of anilines is 2. The third kappa shape index (κ3) is 19.9. The Hall–Kier alpha value is -7.52. The number of hydrogen-bond donors (Lipinski definition) is 0. The van der Waals surface area contributed by atoms with Gasteiger partial charge in [0.25, 0.3) is 0 Å². The van der Waals surface area contributed by atoms with E-state index < -0.39 is 0 Å². The van der Waals surface area contributed by atoms with Gasteiger partial charge in [-0.15, -0.1) is 23.5 Å². The Balaban J connectivity index is 0.000000133. The highest BCUT2D eigenvalue weighted by Gasteiger charge is 2.47. The molecular formula is C86H106ClFN8O8S3. The van der Waals surface area contributed by atoms with Crippen molar-refractivity contribution in [1.29, 1.82) is 0 Å². The van der Waals surface area contributed by atoms with Crippen LogP contribution in [-0.2, 0) is 41.2 Å². The van der Waals surface area contributed by atoms with Crippen LogP contribution in [-0.4, -0.2) is 141 Å². The number of carbonyl (C=O) groups excluding carboxylic acids is 4. The van der Waals surface area contributed by atoms with E-state index >= 15 is 0 Å². The van der Waals surface area contributed by atoms with Gasteiger partial charge in [0.05, 0.1) is 35.0 Å². The summed E-state index contributed by atoms with van der Waals surface area (Å²) in [6.45, 7) is 25.3. The van der Waals surface area contributed by atoms with Gasteiger partial charge in [0.2, 0.25) is 17.7 Å². The first kappa shape index (κ1) is 79.0. The normalized spacial score (nSPS) is 21.6. The molecule has 6 atom stereocenters. The smallest absolute Gasteiger partial charge is 0.306 e. The van der Waals surface area contributed by atoms with E-state index in [0.717, 1.165) is 200 Å². The monoisotopic (exact) mass is 1530 g/mol. The van der Waals surface area contributed by atoms with Crippen molar-refractivity contribution in [2.45, 2.75) is 212 Å². The molecule has 5 aromatic carbocycles. The van der Waals surface area contributed by atoms with Gasteiger partial charge >= 0.3 is 5.97 Å². The van der Waals surface area contributed by atoms with Crippen molar-refractivity contribution in [2.75, 3.05) is 66.3 Å². The van der Waals surface area contributed by atoms with Gasteiger partial charge in [0.1, 0.15) is 29.2 Å². The summed E-state index contributed by atoms with van der Waals surface area (Å²) in [6.07, 6.45) is 12.3. The highest BCUT2D eigenvalue weighted by atomic mass is 35.5. The van der Waals surface area contributed by atoms with E-state index in [1.165, 1.54) is 51.2 Å². The number of fused-ring (bicyclic) bond motifs is 4. The van der Waals surface area contributed by atoms with Crippen LogP contribution in [0.1, 0.15) is 185 Å². The Bertz CT molecular complexity index is 4110. The molecule has 0 spiro atoms. The predicted octanol–water partition coefficient (Wildman–Crippen LogP) is 18.2. The molecule has 6 aliphatic heterocycles. The van der Waals surface area contributed by atoms with Gasteiger partial charge in [0, 0.05) is 138 Å². The Labute approximate surface area is 649 Å². The molecule has 107 heavy (non-hydrogen) atoms. The quantitative estimate of drug-likeness (QED) is 0.0521. The molecule has 4 bridgehead atoms. The molecule has 3 amide bonds. The highest BCUT2D eigenvalue weighted by molar-refractivity contribution is 7.99. The summed E-state index contributed by atoms with van der Waals surface area (Å²) < 4.78 is 34.3. The van der Waals surface area contributed by atoms with Crippen molar-refractivity contribution in [2.24, 2.45) is 5.92 Å². The van der Waals surface area contributed by atoms with Gasteiger partial charge in [-0.05, 0) is 214 Å². The molecule has 7 fully saturated rings. The summed E-state index contributed by atoms with van der Waals surface area (Å²) in [5.74, 6) is 8.89. The molecule has 570 valence electrons. The van der Waals surface area contributed by atoms with Crippen LogP contribution >= 0.6 is 46.9 Å². The highest BCUT2D eigenvalue weighted by Crippen LogP contribution is 2.49. The predicted molar refractivity (Wildman–Crippen MR) is 429 cm³/mol. The molecule has 0 N–H and O–H groups in total. The lowest BCUT2D eigenvalue weighted by Crippen LogP contribution is -2.49. The van der Waals surface area contributed by atoms with Crippen molar-refractivity contribution in [3.63, 3.8) is 0 Å². The van der Waals surface area contributed by atoms with Crippen LogP contribution in [0.4, 0.5) is 15.8 Å². The lowest BCUT2D eigenvalue weighted by atomic mass is 9.83. The second-order valence-corrected chi connectivity index (χ2v) is 33.8. The Morgan fingerprint density at radius 3 is 1.39 bits per heavy atom. The number of aryl methyl sites for hydroxylation is 10. The van der Waals surface area contributed by atoms with Crippen LogP contribution in [0.5, 0.6) is 0 Å². The van der Waals surface area contributed by atoms with Crippen molar-refractivity contribution in [3.8, 4) is 0 Å². The molecule has 8 aromatic rings. The standard InChI is InChI=1S/2C22H28N2O2S.C21H22ClFN2O.C21H28N2O3S/c2*1-14-6-4-5-7-20(14)17-10-18-8-9-19(11-17)24(18)22(25)13-27-12-21-15(2)23-26-16(21)3;1-14-2-5-16(22)12-20(14)24-8-10-25(11-9-24)21(26)19-13-18(19)15-3-6-17(23)7-4-15;1-15-6-4-5-7-20(15)23-11-8-18(9-12-23)25-21(24)10-13-27-14-19-16(2)22-26-17(19)3/h2*4-7,17-19H,8-13H2,1-3H3;2-7,12,18-19H,8-11,13H2,1H3;4-7,18H,8-14H2,1-3H3. The number of rotatable bonds is 20. The van der Waals surface area contributed by atoms with E-state index in [1.807, 2.05) is 64.6 Å². The number of nitrogens with zero attached hydrogens (tertiary/aromatic N) is 8. The molecule has 9 heterocycles. The number of hydrogen-bond acceptors (Lipinski definition) is 16. The maximum atomic E-state index is 13.1. The minimum atomic E-state index is -0.232. The van der Waals surface area contributed by atoms with Gasteiger partial charge in [-0.25, -0.2) is 4.39 Å². The van der Waals surface area contributed by atoms with E-state index in [1.54, 1.807) is 47.4 Å². The summed E-state index contributed by atoms with van der Waals surface area (Å²) in [5.41, 5.74) is 17.9. The van der Waals surface area contributed by atoms with E-state index in [0.29, 0.717) is 65.7 Å². The molecule has 7 aliphatic rings. The molecule has 21 heteroatoms. The number of esters is 1. The topological polar surface area (TPSA) is 172 Å². The molecule has 6 saturated heterocycles. The number of benzene rings is 5. The third-order valence-electron chi connectivity index (χ3n) is 23.2. The Morgan fingerprint density at radius 1 is 0.495 bits per heavy atom. The zero-order valence-corrected chi connectivity index (χ0v) is 67.2. The van der Waals surface area contributed by atoms with Gasteiger partial charge in [-0.3, -0.25) is 19.2 Å². The number of para-hydroxylation sites is 1. The number of carbonyl (C=O) groups is 4. The van der Waals surface area contributed by atoms with Gasteiger partial charge in [0.15, 0.2) is 0 Å². The number of amides is 3. The molecule has 15 rings (SSSR count). The first-order chi connectivity index (χ1) is 51.7. The van der Waals surface area contributed by atoms with Crippen LogP contribution in [0.25, 0.3) is 0 Å². The number of aromatic nitrogens is 3. The minimum Gasteiger partial charge on any atom is -0.462 e. The SMILES string of the molecule is Cc1ccc(Cl)cc1N1CCN(C(=O)C2CC2c2ccc(F)cc2)CC1.Cc1ccccc1C1CC2CCC(C1)N2C(=O)CSCc1c(C)noc1C.Cc1ccccc1C1CC2CCC(C1)N2C(=O)CSCc1c(C)noc1C.Cc1ccccc1N1CCC(OC(=O)CCSCc2c(C)noc2C)CC1. The number of thioether (sulfide) groups is 3. The maximum Gasteiger partial charge on any atom is 0.306 e. The fourth-order valence-corrected chi connectivity index (χ4v) is 20.4. The average Bonchev–Trinajstić information content (AvgIpc) is 1.70. The second-order valence-electron chi connectivity index (χ2n) is 30.3. The summed E-state index contributed by atoms with van der Waals surface area (Å²) in [6, 6.07) is 40.1. The summed E-state index contributed by atoms with van der Waals surface area (Å²) in [4.78, 5) is 61.9. The van der Waals surface area contributed by atoms with Crippen LogP contribution in [0.15, 0.2) is 129 Å². The van der Waals surface area contributed by atoms with E-state index in [9.17, 15) is 23.6 Å². The molecular weight excluding hydrogens is 1420 g/mol. The van der Waals surface area contributed by atoms with Gasteiger partial charge < -0.3 is 42.8 Å². The number of halogens is 2. The number of ether oxygens (including phenoxy) is 1. The summed E-state index contributed by atoms with van der Waals surface area (Å²) in [7, 11) is 0. The molecule has 16 nitrogen and oxygen atoms in total.